The van der Waals surface area contributed by atoms with Gasteiger partial charge in [0.05, 0.1) is 11.9 Å². The molecule has 0 bridgehead atoms. The summed E-state index contributed by atoms with van der Waals surface area (Å²) in [4.78, 5) is 36.0. The molecule has 8 nitrogen and oxygen atoms in total. The second kappa shape index (κ2) is 10.4. The van der Waals surface area contributed by atoms with E-state index in [1.165, 1.54) is 24.5 Å². The highest BCUT2D eigenvalue weighted by atomic mass is 19.4. The van der Waals surface area contributed by atoms with Gasteiger partial charge in [-0.1, -0.05) is 0 Å². The lowest BCUT2D eigenvalue weighted by Crippen LogP contribution is -2.52. The number of anilines is 2. The minimum Gasteiger partial charge on any atom is -0.475 e. The quantitative estimate of drug-likeness (QED) is 0.674. The summed E-state index contributed by atoms with van der Waals surface area (Å²) in [5, 5.41) is 7.12. The molecule has 3 heterocycles. The van der Waals surface area contributed by atoms with Crippen molar-refractivity contribution in [2.75, 3.05) is 22.9 Å². The van der Waals surface area contributed by atoms with Crippen molar-refractivity contribution in [3.05, 3.63) is 42.6 Å². The third-order valence-corrected chi connectivity index (χ3v) is 4.54. The first-order valence-corrected chi connectivity index (χ1v) is 9.46. The van der Waals surface area contributed by atoms with Crippen molar-refractivity contribution >= 4 is 23.4 Å². The van der Waals surface area contributed by atoms with Gasteiger partial charge in [-0.2, -0.15) is 26.3 Å². The molecule has 180 valence electrons. The zero-order valence-corrected chi connectivity index (χ0v) is 17.1. The highest BCUT2D eigenvalue weighted by molar-refractivity contribution is 5.97. The van der Waals surface area contributed by atoms with Crippen LogP contribution in [-0.2, 0) is 9.59 Å². The summed E-state index contributed by atoms with van der Waals surface area (Å²) in [5.74, 6) is -3.24. The normalized spacial score (nSPS) is 14.8. The van der Waals surface area contributed by atoms with E-state index in [4.69, 9.17) is 9.90 Å². The Labute approximate surface area is 183 Å². The molecule has 2 aromatic heterocycles. The van der Waals surface area contributed by atoms with Gasteiger partial charge in [-0.25, -0.2) is 14.8 Å². The number of carboxylic acid groups (broad SMARTS) is 1. The lowest BCUT2D eigenvalue weighted by molar-refractivity contribution is -0.192. The van der Waals surface area contributed by atoms with Crippen LogP contribution in [0.4, 0.5) is 37.8 Å². The molecule has 33 heavy (non-hydrogen) atoms. The number of amides is 1. The molecule has 3 rings (SSSR count). The van der Waals surface area contributed by atoms with Crippen molar-refractivity contribution in [1.82, 2.24) is 15.0 Å². The number of aromatic nitrogens is 3. The third-order valence-electron chi connectivity index (χ3n) is 4.54. The predicted molar refractivity (Wildman–Crippen MR) is 103 cm³/mol. The van der Waals surface area contributed by atoms with E-state index in [-0.39, 0.29) is 5.69 Å². The number of aliphatic carboxylic acids is 1. The Morgan fingerprint density at radius 1 is 1.06 bits per heavy atom. The zero-order valence-electron chi connectivity index (χ0n) is 17.1. The first kappa shape index (κ1) is 25.8. The number of hydrogen-bond acceptors (Lipinski definition) is 6. The van der Waals surface area contributed by atoms with Crippen LogP contribution in [0.25, 0.3) is 0 Å². The largest absolute Gasteiger partial charge is 0.490 e. The maximum Gasteiger partial charge on any atom is 0.490 e. The molecule has 0 radical (unpaired) electrons. The molecule has 1 saturated heterocycles. The van der Waals surface area contributed by atoms with E-state index in [2.05, 4.69) is 15.0 Å². The molecule has 0 spiro atoms. The third kappa shape index (κ3) is 7.29. The van der Waals surface area contributed by atoms with Gasteiger partial charge in [0.25, 0.3) is 0 Å². The van der Waals surface area contributed by atoms with E-state index < -0.39 is 30.3 Å². The molecular formula is C19H19F6N5O3. The molecule has 2 aromatic rings. The zero-order chi connectivity index (χ0) is 24.8. The monoisotopic (exact) mass is 479 g/mol. The summed E-state index contributed by atoms with van der Waals surface area (Å²) >= 11 is 0. The van der Waals surface area contributed by atoms with E-state index in [0.29, 0.717) is 31.8 Å². The van der Waals surface area contributed by atoms with Crippen molar-refractivity contribution in [3.8, 4) is 0 Å². The van der Waals surface area contributed by atoms with E-state index in [1.54, 1.807) is 19.2 Å². The maximum atomic E-state index is 13.1. The Morgan fingerprint density at radius 3 is 2.12 bits per heavy atom. The lowest BCUT2D eigenvalue weighted by Gasteiger charge is -2.39. The number of carbonyl (C=O) groups excluding carboxylic acids is 1. The summed E-state index contributed by atoms with van der Waals surface area (Å²) in [6.45, 7) is 2.79. The molecule has 1 aliphatic heterocycles. The average molecular weight is 479 g/mol. The van der Waals surface area contributed by atoms with E-state index in [1.807, 2.05) is 4.90 Å². The van der Waals surface area contributed by atoms with Crippen LogP contribution < -0.4 is 9.80 Å². The minimum absolute atomic E-state index is 0.158. The Kier molecular flexibility index (Phi) is 8.17. The Bertz CT molecular complexity index is 947. The number of rotatable bonds is 3. The van der Waals surface area contributed by atoms with Crippen LogP contribution in [0.2, 0.25) is 0 Å². The van der Waals surface area contributed by atoms with E-state index >= 15 is 0 Å². The predicted octanol–water partition coefficient (Wildman–Crippen LogP) is 3.38. The van der Waals surface area contributed by atoms with Gasteiger partial charge in [-0.05, 0) is 38.0 Å². The number of aryl methyl sites for hydroxylation is 1. The van der Waals surface area contributed by atoms with Crippen LogP contribution in [0, 0.1) is 6.92 Å². The smallest absolute Gasteiger partial charge is 0.475 e. The van der Waals surface area contributed by atoms with Gasteiger partial charge in [-0.15, -0.1) is 0 Å². The number of piperidine rings is 1. The fourth-order valence-electron chi connectivity index (χ4n) is 3.10. The molecule has 0 aromatic carbocycles. The molecule has 0 aliphatic carbocycles. The molecule has 14 heteroatoms. The second-order valence-corrected chi connectivity index (χ2v) is 6.87. The molecule has 1 N–H and O–H groups in total. The van der Waals surface area contributed by atoms with Crippen LogP contribution in [0.1, 0.15) is 18.7 Å². The van der Waals surface area contributed by atoms with Gasteiger partial charge in [0.1, 0.15) is 11.6 Å². The van der Waals surface area contributed by atoms with Gasteiger partial charge >= 0.3 is 24.2 Å². The molecule has 1 amide bonds. The van der Waals surface area contributed by atoms with E-state index in [0.717, 1.165) is 10.7 Å². The topological polar surface area (TPSA) is 99.5 Å². The number of hydrogen-bond donors (Lipinski definition) is 1. The van der Waals surface area contributed by atoms with Gasteiger partial charge in [0.15, 0.2) is 0 Å². The first-order valence-electron chi connectivity index (χ1n) is 9.46. The first-order chi connectivity index (χ1) is 15.3. The number of carboxylic acids is 1. The Hall–Kier alpha value is -3.45. The number of alkyl halides is 6. The Balaban J connectivity index is 0.000000479. The lowest BCUT2D eigenvalue weighted by atomic mass is 10.0. The minimum atomic E-state index is -5.08. The van der Waals surface area contributed by atoms with Gasteiger partial charge in [-0.3, -0.25) is 14.7 Å². The summed E-state index contributed by atoms with van der Waals surface area (Å²) in [5.41, 5.74) is 0.158. The van der Waals surface area contributed by atoms with Crippen molar-refractivity contribution in [3.63, 3.8) is 0 Å². The van der Waals surface area contributed by atoms with Gasteiger partial charge < -0.3 is 10.0 Å². The molecule has 1 aliphatic rings. The molecule has 0 unspecified atom stereocenters. The van der Waals surface area contributed by atoms with Crippen molar-refractivity contribution in [2.45, 2.75) is 38.2 Å². The SMILES string of the molecule is Cc1nccc(N2CCC(N(C(=O)C(F)(F)F)c3cccnc3)CC2)n1.O=C(O)C(F)(F)F. The maximum absolute atomic E-state index is 13.1. The summed E-state index contributed by atoms with van der Waals surface area (Å²) in [6.07, 6.45) is -4.82. The fraction of sp³-hybridized carbons (Fsp3) is 0.421. The second-order valence-electron chi connectivity index (χ2n) is 6.87. The van der Waals surface area contributed by atoms with Crippen LogP contribution in [0.5, 0.6) is 0 Å². The van der Waals surface area contributed by atoms with Crippen molar-refractivity contribution in [1.29, 1.82) is 0 Å². The standard InChI is InChI=1S/C17H18F3N5O.C2HF3O2/c1-12-22-8-4-15(23-12)24-9-5-13(6-10-24)25(16(26)17(18,19)20)14-3-2-7-21-11-14;3-2(4,5)1(6)7/h2-4,7-8,11,13H,5-6,9-10H2,1H3;(H,6,7). The van der Waals surface area contributed by atoms with Crippen LogP contribution in [0.3, 0.4) is 0 Å². The molecule has 0 saturated carbocycles. The number of halogens is 6. The highest BCUT2D eigenvalue weighted by Gasteiger charge is 2.46. The van der Waals surface area contributed by atoms with Crippen LogP contribution >= 0.6 is 0 Å². The van der Waals surface area contributed by atoms with Crippen molar-refractivity contribution < 1.29 is 41.0 Å². The van der Waals surface area contributed by atoms with Crippen LogP contribution in [0.15, 0.2) is 36.8 Å². The molecule has 1 fully saturated rings. The molecule has 0 atom stereocenters. The summed E-state index contributed by atoms with van der Waals surface area (Å²) < 4.78 is 71.0. The highest BCUT2D eigenvalue weighted by Crippen LogP contribution is 2.30. The van der Waals surface area contributed by atoms with E-state index in [9.17, 15) is 31.1 Å². The van der Waals surface area contributed by atoms with Crippen LogP contribution in [-0.4, -0.2) is 63.4 Å². The van der Waals surface area contributed by atoms with Gasteiger partial charge in [0.2, 0.25) is 0 Å². The summed E-state index contributed by atoms with van der Waals surface area (Å²) in [7, 11) is 0. The fourth-order valence-corrected chi connectivity index (χ4v) is 3.10. The van der Waals surface area contributed by atoms with Gasteiger partial charge in [0, 0.05) is 31.5 Å². The number of pyridine rings is 1. The summed E-state index contributed by atoms with van der Waals surface area (Å²) in [6, 6.07) is 4.21. The average Bonchev–Trinajstić information content (AvgIpc) is 2.74. The number of nitrogens with zero attached hydrogens (tertiary/aromatic N) is 5. The molecular weight excluding hydrogens is 460 g/mol. The number of carbonyl (C=O) groups is 2. The Morgan fingerprint density at radius 2 is 1.67 bits per heavy atom. The van der Waals surface area contributed by atoms with Crippen molar-refractivity contribution in [2.24, 2.45) is 0 Å².